The van der Waals surface area contributed by atoms with Crippen LogP contribution in [0.2, 0.25) is 0 Å². The molecule has 0 saturated carbocycles. The van der Waals surface area contributed by atoms with E-state index in [0.717, 1.165) is 81.2 Å². The molecule has 10 atom stereocenters. The largest absolute Gasteiger partial charge is 0.488 e. The Morgan fingerprint density at radius 1 is 0.725 bits per heavy atom. The lowest BCUT2D eigenvalue weighted by molar-refractivity contribution is -0.140. The van der Waals surface area contributed by atoms with Crippen LogP contribution in [-0.2, 0) is 35.1 Å². The van der Waals surface area contributed by atoms with E-state index in [4.69, 9.17) is 33.7 Å². The van der Waals surface area contributed by atoms with E-state index in [0.29, 0.717) is 50.5 Å². The second-order valence-electron chi connectivity index (χ2n) is 20.1. The molecule has 17 heteroatoms. The number of rotatable bonds is 9. The van der Waals surface area contributed by atoms with Gasteiger partial charge in [-0.2, -0.15) is 0 Å². The van der Waals surface area contributed by atoms with Gasteiger partial charge in [0, 0.05) is 29.6 Å². The van der Waals surface area contributed by atoms with Crippen molar-refractivity contribution in [1.82, 2.24) is 40.4 Å². The number of methoxy groups -OCH3 is 2. The first-order valence-corrected chi connectivity index (χ1v) is 24.7. The summed E-state index contributed by atoms with van der Waals surface area (Å²) in [7, 11) is 2.63. The number of aromatic amines is 2. The summed E-state index contributed by atoms with van der Waals surface area (Å²) in [5, 5.41) is 7.75. The highest BCUT2D eigenvalue weighted by Crippen LogP contribution is 2.45. The lowest BCUT2D eigenvalue weighted by atomic mass is 9.85. The molecule has 0 spiro atoms. The molecule has 5 aromatic rings. The summed E-state index contributed by atoms with van der Waals surface area (Å²) in [5.74, 6) is 1.75. The van der Waals surface area contributed by atoms with Crippen LogP contribution in [-0.4, -0.2) is 117 Å². The Morgan fingerprint density at radius 2 is 1.38 bits per heavy atom. The lowest BCUT2D eigenvalue weighted by Crippen LogP contribution is -2.55. The van der Waals surface area contributed by atoms with Crippen molar-refractivity contribution >= 4 is 45.8 Å². The predicted octanol–water partition coefficient (Wildman–Crippen LogP) is 8.24. The molecule has 10 rings (SSSR count). The molecule has 0 aliphatic carbocycles. The van der Waals surface area contributed by atoms with Crippen molar-refractivity contribution in [2.75, 3.05) is 20.8 Å². The fourth-order valence-electron chi connectivity index (χ4n) is 12.1. The molecule has 5 aliphatic heterocycles. The van der Waals surface area contributed by atoms with Crippen LogP contribution in [0.15, 0.2) is 48.7 Å². The van der Waals surface area contributed by atoms with Gasteiger partial charge in [0.1, 0.15) is 36.1 Å². The summed E-state index contributed by atoms with van der Waals surface area (Å²) >= 11 is 0. The number of hydrogen-bond donors (Lipinski definition) is 4. The van der Waals surface area contributed by atoms with Crippen LogP contribution < -0.4 is 15.4 Å². The van der Waals surface area contributed by atoms with Crippen LogP contribution in [0.25, 0.3) is 44.2 Å². The highest BCUT2D eigenvalue weighted by atomic mass is 16.5. The molecule has 4 amide bonds. The van der Waals surface area contributed by atoms with Gasteiger partial charge in [-0.1, -0.05) is 18.2 Å². The van der Waals surface area contributed by atoms with Crippen LogP contribution in [0.4, 0.5) is 9.59 Å². The van der Waals surface area contributed by atoms with Gasteiger partial charge in [-0.05, 0) is 144 Å². The number of amides is 4. The number of nitrogens with zero attached hydrogens (tertiary/aromatic N) is 4. The summed E-state index contributed by atoms with van der Waals surface area (Å²) in [6.45, 7) is 11.0. The van der Waals surface area contributed by atoms with E-state index in [1.54, 1.807) is 0 Å². The molecular weight excluding hydrogens is 881 g/mol. The summed E-state index contributed by atoms with van der Waals surface area (Å²) in [5.41, 5.74) is 6.58. The van der Waals surface area contributed by atoms with Crippen LogP contribution in [0, 0.1) is 11.8 Å². The minimum absolute atomic E-state index is 0.0140. The predicted molar refractivity (Wildman–Crippen MR) is 257 cm³/mol. The molecule has 366 valence electrons. The van der Waals surface area contributed by atoms with Gasteiger partial charge in [0.15, 0.2) is 0 Å². The number of aromatic nitrogens is 4. The molecule has 5 aliphatic rings. The van der Waals surface area contributed by atoms with Crippen molar-refractivity contribution in [1.29, 1.82) is 0 Å². The second-order valence-corrected chi connectivity index (χ2v) is 20.1. The zero-order valence-electron chi connectivity index (χ0n) is 40.5. The number of hydrogen-bond acceptors (Lipinski definition) is 11. The van der Waals surface area contributed by atoms with Gasteiger partial charge in [-0.25, -0.2) is 19.6 Å². The molecule has 7 heterocycles. The standard InChI is InChI=1S/C52H64N8O9/c1-26-8-14-41(59(26)50(62)45(58-52(64)66-7)34-19-29(4)69-30(5)20-34)47-53-24-40(55-47)32-10-12-36-35(21-32)25-68-43-23-37-31(22-38(36)43)11-13-39-46(37)56-48(54-39)42-15-9-27(2)60(42)49(61)44(57-51(63)65-6)33-16-17-67-28(3)18-33/h10-13,21-24,26-30,33-34,41-42,44-45H,8-9,14-20,25H2,1-7H3,(H,53,55)(H,54,56)(H,57,63)(H,58,64)/t26-,27-,28+,29+,30+,33?,41-,42-,44-,45-/m0/s1. The molecule has 0 bridgehead atoms. The van der Waals surface area contributed by atoms with Crippen molar-refractivity contribution in [3.05, 3.63) is 65.9 Å². The first kappa shape index (κ1) is 46.5. The topological polar surface area (TPSA) is 202 Å². The first-order chi connectivity index (χ1) is 33.3. The number of carbonyl (C=O) groups is 4. The number of nitrogens with one attached hydrogen (secondary N) is 4. The Hall–Kier alpha value is -6.20. The fraction of sp³-hybridized carbons (Fsp3) is 0.538. The maximum Gasteiger partial charge on any atom is 0.407 e. The minimum Gasteiger partial charge on any atom is -0.488 e. The van der Waals surface area contributed by atoms with Crippen molar-refractivity contribution in [2.24, 2.45) is 11.8 Å². The van der Waals surface area contributed by atoms with Gasteiger partial charge < -0.3 is 54.1 Å². The maximum absolute atomic E-state index is 14.5. The zero-order valence-corrected chi connectivity index (χ0v) is 40.5. The highest BCUT2D eigenvalue weighted by molar-refractivity contribution is 6.07. The first-order valence-electron chi connectivity index (χ1n) is 24.7. The van der Waals surface area contributed by atoms with Crippen molar-refractivity contribution in [3.63, 3.8) is 0 Å². The molecule has 4 saturated heterocycles. The Kier molecular flexibility index (Phi) is 12.8. The van der Waals surface area contributed by atoms with Gasteiger partial charge >= 0.3 is 12.2 Å². The number of likely N-dealkylation sites (tertiary alicyclic amines) is 2. The molecule has 4 N–H and O–H groups in total. The lowest BCUT2D eigenvalue weighted by Gasteiger charge is -2.39. The van der Waals surface area contributed by atoms with Crippen molar-refractivity contribution < 1.29 is 42.9 Å². The third-order valence-corrected chi connectivity index (χ3v) is 15.4. The van der Waals surface area contributed by atoms with Crippen molar-refractivity contribution in [3.8, 4) is 28.1 Å². The summed E-state index contributed by atoms with van der Waals surface area (Å²) < 4.78 is 28.2. The summed E-state index contributed by atoms with van der Waals surface area (Å²) in [6, 6.07) is 12.5. The molecule has 17 nitrogen and oxygen atoms in total. The molecule has 4 fully saturated rings. The third-order valence-electron chi connectivity index (χ3n) is 15.4. The third kappa shape index (κ3) is 8.88. The number of H-pyrrole nitrogens is 2. The number of benzene rings is 3. The monoisotopic (exact) mass is 944 g/mol. The smallest absolute Gasteiger partial charge is 0.407 e. The van der Waals surface area contributed by atoms with Gasteiger partial charge in [-0.15, -0.1) is 0 Å². The SMILES string of the molecule is COC(=O)N[C@H](C(=O)N1[C@@H](C)CC[C@H]1c1ncc(-c2ccc3c(c2)COc2cc4c(ccc5nc([C@@H]6CC[C@H](C)N6C(=O)[C@@H](NC(=O)OC)C6CCO[C@H](C)C6)[nH]c54)cc2-3)[nH]1)C1C[C@@H](C)O[C@H](C)C1. The van der Waals surface area contributed by atoms with E-state index < -0.39 is 24.3 Å². The van der Waals surface area contributed by atoms with Crippen LogP contribution in [0.5, 0.6) is 5.75 Å². The molecule has 1 unspecified atom stereocenters. The van der Waals surface area contributed by atoms with Gasteiger partial charge in [0.2, 0.25) is 11.8 Å². The molecule has 69 heavy (non-hydrogen) atoms. The van der Waals surface area contributed by atoms with Crippen LogP contribution >= 0.6 is 0 Å². The fourth-order valence-corrected chi connectivity index (χ4v) is 12.1. The number of imidazole rings is 2. The van der Waals surface area contributed by atoms with E-state index in [1.165, 1.54) is 14.2 Å². The molecule has 2 aromatic heterocycles. The average Bonchev–Trinajstić information content (AvgIpc) is 4.17. The number of alkyl carbamates (subject to hydrolysis) is 2. The van der Waals surface area contributed by atoms with Gasteiger partial charge in [0.05, 0.1) is 67.5 Å². The Morgan fingerprint density at radius 3 is 2.04 bits per heavy atom. The molecule has 3 aromatic carbocycles. The number of carbonyl (C=O) groups excluding carboxylic acids is 4. The normalized spacial score (nSPS) is 27.6. The Bertz CT molecular complexity index is 2760. The number of fused-ring (bicyclic) bond motifs is 6. The maximum atomic E-state index is 14.5. The van der Waals surface area contributed by atoms with Gasteiger partial charge in [0.25, 0.3) is 0 Å². The number of ether oxygens (including phenoxy) is 5. The minimum atomic E-state index is -0.750. The van der Waals surface area contributed by atoms with E-state index in [9.17, 15) is 19.2 Å². The Labute approximate surface area is 401 Å². The molecule has 0 radical (unpaired) electrons. The van der Waals surface area contributed by atoms with Crippen LogP contribution in [0.1, 0.15) is 115 Å². The van der Waals surface area contributed by atoms with Crippen molar-refractivity contribution in [2.45, 2.75) is 147 Å². The highest BCUT2D eigenvalue weighted by Gasteiger charge is 2.46. The quantitative estimate of drug-likeness (QED) is 0.111. The van der Waals surface area contributed by atoms with Gasteiger partial charge in [-0.3, -0.25) is 9.59 Å². The second kappa shape index (κ2) is 18.9. The zero-order chi connectivity index (χ0) is 48.2. The average molecular weight is 945 g/mol. The Balaban J connectivity index is 0.890. The molecular formula is C52H64N8O9. The van der Waals surface area contributed by atoms with Crippen LogP contribution in [0.3, 0.4) is 0 Å². The van der Waals surface area contributed by atoms with E-state index in [1.807, 2.05) is 42.8 Å². The van der Waals surface area contributed by atoms with E-state index in [-0.39, 0.29) is 66.1 Å². The summed E-state index contributed by atoms with van der Waals surface area (Å²) in [6.07, 6.45) is 6.23. The van der Waals surface area contributed by atoms with E-state index >= 15 is 0 Å². The summed E-state index contributed by atoms with van der Waals surface area (Å²) in [4.78, 5) is 75.1. The van der Waals surface area contributed by atoms with E-state index in [2.05, 4.69) is 70.8 Å².